The fourth-order valence-electron chi connectivity index (χ4n) is 2.82. The van der Waals surface area contributed by atoms with Gasteiger partial charge in [0.2, 0.25) is 5.88 Å². The van der Waals surface area contributed by atoms with Gasteiger partial charge in [-0.3, -0.25) is 0 Å². The van der Waals surface area contributed by atoms with Gasteiger partial charge in [-0.15, -0.1) is 0 Å². The van der Waals surface area contributed by atoms with Gasteiger partial charge in [0.25, 0.3) is 0 Å². The first-order valence-corrected chi connectivity index (χ1v) is 8.57. The number of hydrogen-bond acceptors (Lipinski definition) is 3. The molecule has 25 heavy (non-hydrogen) atoms. The molecule has 1 aromatic heterocycles. The van der Waals surface area contributed by atoms with Gasteiger partial charge in [-0.05, 0) is 37.3 Å². The second kappa shape index (κ2) is 8.46. The minimum absolute atomic E-state index is 0.144. The molecule has 3 rings (SSSR count). The van der Waals surface area contributed by atoms with Crippen molar-refractivity contribution in [3.63, 3.8) is 0 Å². The number of carbonyl (C=O) groups is 1. The fourth-order valence-corrected chi connectivity index (χ4v) is 2.82. The van der Waals surface area contributed by atoms with Gasteiger partial charge in [0.05, 0.1) is 0 Å². The van der Waals surface area contributed by atoms with E-state index in [4.69, 9.17) is 4.74 Å². The first-order chi connectivity index (χ1) is 12.2. The lowest BCUT2D eigenvalue weighted by atomic mass is 10.2. The molecule has 1 aromatic carbocycles. The predicted octanol–water partition coefficient (Wildman–Crippen LogP) is 3.54. The average Bonchev–Trinajstić information content (AvgIpc) is 3.13. The Morgan fingerprint density at radius 2 is 1.88 bits per heavy atom. The van der Waals surface area contributed by atoms with Crippen molar-refractivity contribution in [2.24, 2.45) is 0 Å². The van der Waals surface area contributed by atoms with Crippen molar-refractivity contribution in [1.82, 2.24) is 15.6 Å². The van der Waals surface area contributed by atoms with E-state index in [1.54, 1.807) is 24.4 Å². The van der Waals surface area contributed by atoms with E-state index >= 15 is 0 Å². The molecular weight excluding hydrogens is 321 g/mol. The highest BCUT2D eigenvalue weighted by atomic mass is 19.1. The highest BCUT2D eigenvalue weighted by Crippen LogP contribution is 2.22. The van der Waals surface area contributed by atoms with Crippen LogP contribution in [0.2, 0.25) is 0 Å². The number of aromatic nitrogens is 1. The summed E-state index contributed by atoms with van der Waals surface area (Å²) in [5, 5.41) is 5.36. The van der Waals surface area contributed by atoms with Crippen LogP contribution in [-0.4, -0.2) is 17.1 Å². The fraction of sp³-hybridized carbons (Fsp3) is 0.368. The van der Waals surface area contributed by atoms with Crippen LogP contribution in [0.1, 0.15) is 36.8 Å². The lowest BCUT2D eigenvalue weighted by molar-refractivity contribution is 0.201. The molecule has 0 radical (unpaired) electrons. The number of urea groups is 1. The highest BCUT2D eigenvalue weighted by Gasteiger charge is 2.16. The topological polar surface area (TPSA) is 63.2 Å². The molecule has 1 aliphatic rings. The Hall–Kier alpha value is -2.63. The number of nitrogens with one attached hydrogen (secondary N) is 2. The summed E-state index contributed by atoms with van der Waals surface area (Å²) in [4.78, 5) is 16.1. The normalized spacial score (nSPS) is 14.3. The van der Waals surface area contributed by atoms with Gasteiger partial charge in [0.15, 0.2) is 0 Å². The summed E-state index contributed by atoms with van der Waals surface area (Å²) in [5.41, 5.74) is 1.33. The zero-order valence-electron chi connectivity index (χ0n) is 14.0. The van der Waals surface area contributed by atoms with Crippen LogP contribution in [0.5, 0.6) is 5.88 Å². The van der Waals surface area contributed by atoms with Gasteiger partial charge in [0, 0.05) is 30.9 Å². The monoisotopic (exact) mass is 343 g/mol. The third-order valence-electron chi connectivity index (χ3n) is 4.24. The molecule has 6 heteroatoms. The molecule has 2 amide bonds. The number of amides is 2. The second-order valence-electron chi connectivity index (χ2n) is 6.16. The Bertz CT molecular complexity index is 700. The quantitative estimate of drug-likeness (QED) is 0.843. The number of benzene rings is 1. The maximum Gasteiger partial charge on any atom is 0.315 e. The van der Waals surface area contributed by atoms with Crippen LogP contribution in [-0.2, 0) is 13.1 Å². The summed E-state index contributed by atoms with van der Waals surface area (Å²) in [6.45, 7) is 0.491. The van der Waals surface area contributed by atoms with Crippen LogP contribution in [0.25, 0.3) is 0 Å². The van der Waals surface area contributed by atoms with Gasteiger partial charge in [-0.25, -0.2) is 14.2 Å². The Labute approximate surface area is 146 Å². The van der Waals surface area contributed by atoms with E-state index in [1.165, 1.54) is 18.9 Å². The van der Waals surface area contributed by atoms with E-state index in [9.17, 15) is 9.18 Å². The Morgan fingerprint density at radius 1 is 1.12 bits per heavy atom. The van der Waals surface area contributed by atoms with Crippen molar-refractivity contribution in [2.45, 2.75) is 44.9 Å². The number of carbonyl (C=O) groups excluding carboxylic acids is 1. The van der Waals surface area contributed by atoms with Crippen molar-refractivity contribution >= 4 is 6.03 Å². The van der Waals surface area contributed by atoms with Crippen molar-refractivity contribution in [2.75, 3.05) is 0 Å². The second-order valence-corrected chi connectivity index (χ2v) is 6.16. The third-order valence-corrected chi connectivity index (χ3v) is 4.24. The van der Waals surface area contributed by atoms with E-state index in [0.717, 1.165) is 18.4 Å². The average molecular weight is 343 g/mol. The van der Waals surface area contributed by atoms with E-state index in [-0.39, 0.29) is 24.5 Å². The molecule has 0 aliphatic heterocycles. The minimum Gasteiger partial charge on any atom is -0.474 e. The van der Waals surface area contributed by atoms with Crippen LogP contribution >= 0.6 is 0 Å². The van der Waals surface area contributed by atoms with E-state index in [0.29, 0.717) is 18.0 Å². The predicted molar refractivity (Wildman–Crippen MR) is 92.6 cm³/mol. The lowest BCUT2D eigenvalue weighted by Crippen LogP contribution is -2.34. The van der Waals surface area contributed by atoms with Crippen LogP contribution in [0.15, 0.2) is 42.6 Å². The smallest absolute Gasteiger partial charge is 0.315 e. The van der Waals surface area contributed by atoms with Crippen LogP contribution in [0, 0.1) is 5.82 Å². The molecule has 0 unspecified atom stereocenters. The first kappa shape index (κ1) is 17.2. The molecule has 1 heterocycles. The van der Waals surface area contributed by atoms with Gasteiger partial charge < -0.3 is 15.4 Å². The molecule has 0 saturated heterocycles. The first-order valence-electron chi connectivity index (χ1n) is 8.57. The number of ether oxygens (including phenoxy) is 1. The summed E-state index contributed by atoms with van der Waals surface area (Å²) in [6.07, 6.45) is 6.59. The molecule has 1 saturated carbocycles. The summed E-state index contributed by atoms with van der Waals surface area (Å²) in [7, 11) is 0. The molecule has 0 bridgehead atoms. The van der Waals surface area contributed by atoms with Gasteiger partial charge >= 0.3 is 6.03 Å². The molecule has 1 aliphatic carbocycles. The zero-order valence-corrected chi connectivity index (χ0v) is 14.0. The number of rotatable bonds is 6. The van der Waals surface area contributed by atoms with Gasteiger partial charge in [-0.1, -0.05) is 24.3 Å². The number of halogens is 1. The third kappa shape index (κ3) is 5.17. The molecule has 1 fully saturated rings. The van der Waals surface area contributed by atoms with Gasteiger partial charge in [0.1, 0.15) is 11.9 Å². The van der Waals surface area contributed by atoms with Crippen molar-refractivity contribution in [3.05, 3.63) is 59.5 Å². The molecule has 132 valence electrons. The molecule has 2 aromatic rings. The summed E-state index contributed by atoms with van der Waals surface area (Å²) >= 11 is 0. The van der Waals surface area contributed by atoms with Crippen LogP contribution < -0.4 is 15.4 Å². The number of hydrogen-bond donors (Lipinski definition) is 2. The SMILES string of the molecule is O=C(NCc1ccc(OC2CCCC2)nc1)NCc1ccccc1F. The summed E-state index contributed by atoms with van der Waals surface area (Å²) < 4.78 is 19.3. The minimum atomic E-state index is -0.352. The lowest BCUT2D eigenvalue weighted by Gasteiger charge is -2.12. The number of pyridine rings is 1. The van der Waals surface area contributed by atoms with Crippen molar-refractivity contribution in [3.8, 4) is 5.88 Å². The van der Waals surface area contributed by atoms with Crippen molar-refractivity contribution < 1.29 is 13.9 Å². The zero-order chi connectivity index (χ0) is 17.5. The van der Waals surface area contributed by atoms with E-state index in [1.807, 2.05) is 12.1 Å². The van der Waals surface area contributed by atoms with Crippen molar-refractivity contribution in [1.29, 1.82) is 0 Å². The van der Waals surface area contributed by atoms with Gasteiger partial charge in [-0.2, -0.15) is 0 Å². The molecule has 2 N–H and O–H groups in total. The Balaban J connectivity index is 1.41. The van der Waals surface area contributed by atoms with E-state index < -0.39 is 0 Å². The maximum absolute atomic E-state index is 13.5. The van der Waals surface area contributed by atoms with E-state index in [2.05, 4.69) is 15.6 Å². The highest BCUT2D eigenvalue weighted by molar-refractivity contribution is 5.73. The Morgan fingerprint density at radius 3 is 2.60 bits per heavy atom. The summed E-state index contributed by atoms with van der Waals surface area (Å²) in [6, 6.07) is 9.72. The van der Waals surface area contributed by atoms with Crippen LogP contribution in [0.4, 0.5) is 9.18 Å². The standard InChI is InChI=1S/C19H22FN3O2/c20-17-8-4-1-5-15(17)13-23-19(24)22-12-14-9-10-18(21-11-14)25-16-6-2-3-7-16/h1,4-5,8-11,16H,2-3,6-7,12-13H2,(H2,22,23,24). The molecule has 5 nitrogen and oxygen atoms in total. The number of nitrogens with zero attached hydrogens (tertiary/aromatic N) is 1. The Kier molecular flexibility index (Phi) is 5.82. The largest absolute Gasteiger partial charge is 0.474 e. The summed E-state index contributed by atoms with van der Waals surface area (Å²) in [5.74, 6) is 0.296. The molecule has 0 atom stereocenters. The maximum atomic E-state index is 13.5. The molecule has 0 spiro atoms. The molecular formula is C19H22FN3O2. The van der Waals surface area contributed by atoms with Crippen LogP contribution in [0.3, 0.4) is 0 Å².